The monoisotopic (exact) mass is 297 g/mol. The number of primary amides is 1. The highest BCUT2D eigenvalue weighted by Gasteiger charge is 2.51. The van der Waals surface area contributed by atoms with Crippen LogP contribution in [0.2, 0.25) is 5.02 Å². The molecular formula is C12H16ClN5O2. The Morgan fingerprint density at radius 2 is 2.10 bits per heavy atom. The molecule has 3 rings (SSSR count). The van der Waals surface area contributed by atoms with Crippen molar-refractivity contribution in [3.8, 4) is 0 Å². The number of nitrogens with two attached hydrogens (primary N) is 3. The minimum Gasteiger partial charge on any atom is -0.394 e. The zero-order chi connectivity index (χ0) is 14.4. The molecule has 0 spiro atoms. The molecule has 1 aromatic heterocycles. The van der Waals surface area contributed by atoms with Gasteiger partial charge in [0, 0.05) is 0 Å². The van der Waals surface area contributed by atoms with E-state index in [1.165, 1.54) is 6.20 Å². The van der Waals surface area contributed by atoms with Crippen molar-refractivity contribution in [3.05, 3.63) is 11.2 Å². The molecule has 2 bridgehead atoms. The molecule has 7 nitrogen and oxygen atoms in total. The largest absolute Gasteiger partial charge is 0.394 e. The van der Waals surface area contributed by atoms with Gasteiger partial charge in [-0.15, -0.1) is 0 Å². The summed E-state index contributed by atoms with van der Waals surface area (Å²) in [6.45, 7) is 0. The first-order valence-corrected chi connectivity index (χ1v) is 6.77. The highest BCUT2D eigenvalue weighted by molar-refractivity contribution is 6.34. The van der Waals surface area contributed by atoms with Gasteiger partial charge in [0.25, 0.3) is 0 Å². The fourth-order valence-corrected chi connectivity index (χ4v) is 3.26. The molecule has 0 aromatic carbocycles. The van der Waals surface area contributed by atoms with E-state index < -0.39 is 5.92 Å². The summed E-state index contributed by atoms with van der Waals surface area (Å²) in [6, 6.07) is -0.243. The average Bonchev–Trinajstić information content (AvgIpc) is 2.99. The van der Waals surface area contributed by atoms with Crippen molar-refractivity contribution in [2.45, 2.75) is 31.1 Å². The molecule has 8 heteroatoms. The van der Waals surface area contributed by atoms with Gasteiger partial charge in [0.1, 0.15) is 5.82 Å². The number of rotatable bonds is 3. The van der Waals surface area contributed by atoms with Crippen LogP contribution in [0.15, 0.2) is 6.20 Å². The van der Waals surface area contributed by atoms with Crippen LogP contribution in [0.5, 0.6) is 0 Å². The maximum absolute atomic E-state index is 11.6. The van der Waals surface area contributed by atoms with Crippen LogP contribution in [-0.4, -0.2) is 29.1 Å². The molecule has 20 heavy (non-hydrogen) atoms. The van der Waals surface area contributed by atoms with Gasteiger partial charge in [-0.25, -0.2) is 4.98 Å². The van der Waals surface area contributed by atoms with E-state index in [4.69, 9.17) is 33.5 Å². The van der Waals surface area contributed by atoms with Crippen LogP contribution >= 0.6 is 11.6 Å². The van der Waals surface area contributed by atoms with Crippen LogP contribution in [-0.2, 0) is 9.53 Å². The van der Waals surface area contributed by atoms with Crippen LogP contribution in [0.4, 0.5) is 17.2 Å². The molecule has 4 unspecified atom stereocenters. The number of amides is 1. The Bertz CT molecular complexity index is 567. The van der Waals surface area contributed by atoms with Crippen molar-refractivity contribution < 1.29 is 9.53 Å². The van der Waals surface area contributed by atoms with Gasteiger partial charge >= 0.3 is 0 Å². The van der Waals surface area contributed by atoms with E-state index in [1.54, 1.807) is 0 Å². The van der Waals surface area contributed by atoms with E-state index >= 15 is 0 Å². The lowest BCUT2D eigenvalue weighted by molar-refractivity contribution is -0.123. The van der Waals surface area contributed by atoms with Crippen molar-refractivity contribution in [1.82, 2.24) is 4.98 Å². The first-order valence-electron chi connectivity index (χ1n) is 6.39. The quantitative estimate of drug-likeness (QED) is 0.637. The number of nitrogens with one attached hydrogen (secondary N) is 1. The van der Waals surface area contributed by atoms with Crippen LogP contribution in [0.3, 0.4) is 0 Å². The van der Waals surface area contributed by atoms with Crippen molar-refractivity contribution in [2.24, 2.45) is 11.7 Å². The summed E-state index contributed by atoms with van der Waals surface area (Å²) in [5, 5.41) is 3.53. The molecule has 7 N–H and O–H groups in total. The zero-order valence-corrected chi connectivity index (χ0v) is 11.4. The highest BCUT2D eigenvalue weighted by Crippen LogP contribution is 2.42. The number of nitrogen functional groups attached to an aromatic ring is 2. The predicted molar refractivity (Wildman–Crippen MR) is 76.1 cm³/mol. The van der Waals surface area contributed by atoms with Gasteiger partial charge in [0.05, 0.1) is 46.8 Å². The first-order chi connectivity index (χ1) is 9.49. The van der Waals surface area contributed by atoms with Crippen molar-refractivity contribution in [2.75, 3.05) is 16.8 Å². The molecule has 0 aliphatic carbocycles. The molecular weight excluding hydrogens is 282 g/mol. The molecule has 2 aliphatic rings. The lowest BCUT2D eigenvalue weighted by Crippen LogP contribution is -2.45. The summed E-state index contributed by atoms with van der Waals surface area (Å²) in [7, 11) is 0. The topological polar surface area (TPSA) is 129 Å². The molecule has 108 valence electrons. The van der Waals surface area contributed by atoms with E-state index in [-0.39, 0.29) is 35.7 Å². The van der Waals surface area contributed by atoms with Crippen LogP contribution < -0.4 is 22.5 Å². The number of anilines is 3. The maximum Gasteiger partial charge on any atom is 0.225 e. The number of nitrogens with zero attached hydrogens (tertiary/aromatic N) is 1. The average molecular weight is 298 g/mol. The summed E-state index contributed by atoms with van der Waals surface area (Å²) >= 11 is 6.09. The summed E-state index contributed by atoms with van der Waals surface area (Å²) in [6.07, 6.45) is 2.95. The Hall–Kier alpha value is -1.73. The lowest BCUT2D eigenvalue weighted by Gasteiger charge is -2.28. The number of hydrogen-bond donors (Lipinski definition) is 4. The highest BCUT2D eigenvalue weighted by atomic mass is 35.5. The van der Waals surface area contributed by atoms with Gasteiger partial charge in [-0.2, -0.15) is 0 Å². The Kier molecular flexibility index (Phi) is 3.10. The Labute approximate surface area is 120 Å². The first kappa shape index (κ1) is 13.3. The van der Waals surface area contributed by atoms with Gasteiger partial charge in [0.2, 0.25) is 5.91 Å². The summed E-state index contributed by atoms with van der Waals surface area (Å²) in [5.74, 6) is -0.582. The fourth-order valence-electron chi connectivity index (χ4n) is 3.05. The third-order valence-corrected chi connectivity index (χ3v) is 4.30. The molecule has 2 fully saturated rings. The van der Waals surface area contributed by atoms with Gasteiger partial charge < -0.3 is 27.3 Å². The number of carbonyl (C=O) groups is 1. The van der Waals surface area contributed by atoms with Gasteiger partial charge in [-0.3, -0.25) is 4.79 Å². The molecule has 0 radical (unpaired) electrons. The van der Waals surface area contributed by atoms with Crippen LogP contribution in [0.1, 0.15) is 12.8 Å². The molecule has 2 saturated heterocycles. The molecule has 2 aliphatic heterocycles. The molecule has 1 amide bonds. The number of pyridine rings is 1. The Morgan fingerprint density at radius 3 is 2.80 bits per heavy atom. The van der Waals surface area contributed by atoms with Gasteiger partial charge in [0.15, 0.2) is 0 Å². The minimum absolute atomic E-state index is 0.0673. The van der Waals surface area contributed by atoms with E-state index in [2.05, 4.69) is 10.3 Å². The number of fused-ring (bicyclic) bond motifs is 2. The van der Waals surface area contributed by atoms with Crippen molar-refractivity contribution >= 4 is 34.7 Å². The summed E-state index contributed by atoms with van der Waals surface area (Å²) < 4.78 is 5.75. The lowest BCUT2D eigenvalue weighted by atomic mass is 9.84. The van der Waals surface area contributed by atoms with E-state index in [0.29, 0.717) is 10.7 Å². The summed E-state index contributed by atoms with van der Waals surface area (Å²) in [5.41, 5.74) is 17.8. The SMILES string of the molecule is NC(=O)C1C2CCC(O2)C1Nc1c(Cl)cnc(N)c1N. The van der Waals surface area contributed by atoms with E-state index in [0.717, 1.165) is 12.8 Å². The van der Waals surface area contributed by atoms with Crippen LogP contribution in [0, 0.1) is 5.92 Å². The van der Waals surface area contributed by atoms with E-state index in [9.17, 15) is 4.79 Å². The predicted octanol–water partition coefficient (Wildman–Crippen LogP) is 0.343. The molecule has 1 aromatic rings. The standard InChI is InChI=1S/C12H16ClN5O2/c13-4-3-17-11(15)8(14)9(4)18-10-6-2-1-5(20-6)7(10)12(16)19/h3,5-7,10H,1-2,14H2,(H2,16,19)(H3,15,17,18). The number of halogens is 1. The Balaban J connectivity index is 1.91. The third kappa shape index (κ3) is 1.94. The Morgan fingerprint density at radius 1 is 1.40 bits per heavy atom. The zero-order valence-electron chi connectivity index (χ0n) is 10.7. The van der Waals surface area contributed by atoms with Gasteiger partial charge in [-0.05, 0) is 12.8 Å². The van der Waals surface area contributed by atoms with Crippen LogP contribution in [0.25, 0.3) is 0 Å². The molecule has 0 saturated carbocycles. The molecule has 4 atom stereocenters. The third-order valence-electron chi connectivity index (χ3n) is 4.01. The second kappa shape index (κ2) is 4.68. The maximum atomic E-state index is 11.6. The molecule has 3 heterocycles. The van der Waals surface area contributed by atoms with E-state index in [1.807, 2.05) is 0 Å². The minimum atomic E-state index is -0.390. The van der Waals surface area contributed by atoms with Crippen molar-refractivity contribution in [1.29, 1.82) is 0 Å². The second-order valence-corrected chi connectivity index (χ2v) is 5.58. The number of hydrogen-bond acceptors (Lipinski definition) is 6. The van der Waals surface area contributed by atoms with Gasteiger partial charge in [-0.1, -0.05) is 11.6 Å². The summed E-state index contributed by atoms with van der Waals surface area (Å²) in [4.78, 5) is 15.5. The number of aromatic nitrogens is 1. The smallest absolute Gasteiger partial charge is 0.225 e. The number of carbonyl (C=O) groups excluding carboxylic acids is 1. The normalized spacial score (nSPS) is 31.4. The second-order valence-electron chi connectivity index (χ2n) is 5.17. The fraction of sp³-hybridized carbons (Fsp3) is 0.500. The van der Waals surface area contributed by atoms with Crippen molar-refractivity contribution in [3.63, 3.8) is 0 Å². The number of ether oxygens (including phenoxy) is 1.